The quantitative estimate of drug-likeness (QED) is 0.852. The molecule has 1 fully saturated rings. The smallest absolute Gasteiger partial charge is 0.120 e. The molecule has 1 aromatic carbocycles. The van der Waals surface area contributed by atoms with Crippen LogP contribution in [-0.2, 0) is 0 Å². The normalized spacial score (nSPS) is 18.2. The van der Waals surface area contributed by atoms with Crippen LogP contribution in [-0.4, -0.2) is 18.8 Å². The van der Waals surface area contributed by atoms with Gasteiger partial charge in [0, 0.05) is 11.6 Å². The van der Waals surface area contributed by atoms with E-state index in [1.165, 1.54) is 32.1 Å². The van der Waals surface area contributed by atoms with Crippen molar-refractivity contribution in [2.24, 2.45) is 5.92 Å². The van der Waals surface area contributed by atoms with Gasteiger partial charge in [0.1, 0.15) is 11.5 Å². The summed E-state index contributed by atoms with van der Waals surface area (Å²) in [6.45, 7) is 3.13. The molecule has 0 aliphatic heterocycles. The van der Waals surface area contributed by atoms with Crippen molar-refractivity contribution in [1.82, 2.24) is 5.32 Å². The van der Waals surface area contributed by atoms with Gasteiger partial charge in [0.2, 0.25) is 0 Å². The molecule has 3 nitrogen and oxygen atoms in total. The van der Waals surface area contributed by atoms with E-state index in [2.05, 4.69) is 12.2 Å². The Kier molecular flexibility index (Phi) is 5.08. The first-order chi connectivity index (χ1) is 9.20. The fourth-order valence-electron chi connectivity index (χ4n) is 2.85. The van der Waals surface area contributed by atoms with Gasteiger partial charge in [-0.05, 0) is 50.4 Å². The van der Waals surface area contributed by atoms with Crippen molar-refractivity contribution in [2.75, 3.05) is 13.7 Å². The number of hydrogen-bond acceptors (Lipinski definition) is 3. The Morgan fingerprint density at radius 2 is 2.05 bits per heavy atom. The van der Waals surface area contributed by atoms with Gasteiger partial charge in [-0.1, -0.05) is 19.3 Å². The summed E-state index contributed by atoms with van der Waals surface area (Å²) >= 11 is 0. The summed E-state index contributed by atoms with van der Waals surface area (Å²) in [6, 6.07) is 5.55. The molecule has 2 N–H and O–H groups in total. The molecule has 1 unspecified atom stereocenters. The molecule has 1 atom stereocenters. The van der Waals surface area contributed by atoms with Crippen molar-refractivity contribution in [3.8, 4) is 11.5 Å². The minimum absolute atomic E-state index is 0.150. The number of hydrogen-bond donors (Lipinski definition) is 2. The predicted molar refractivity (Wildman–Crippen MR) is 77.7 cm³/mol. The summed E-state index contributed by atoms with van der Waals surface area (Å²) in [6.07, 6.45) is 6.80. The topological polar surface area (TPSA) is 41.5 Å². The highest BCUT2D eigenvalue weighted by molar-refractivity contribution is 5.41. The lowest BCUT2D eigenvalue weighted by Crippen LogP contribution is -2.27. The minimum atomic E-state index is 0.150. The molecule has 0 amide bonds. The van der Waals surface area contributed by atoms with Gasteiger partial charge in [0.05, 0.1) is 7.11 Å². The maximum Gasteiger partial charge on any atom is 0.120 e. The van der Waals surface area contributed by atoms with Gasteiger partial charge < -0.3 is 15.2 Å². The van der Waals surface area contributed by atoms with Gasteiger partial charge in [0.25, 0.3) is 0 Å². The average molecular weight is 263 g/mol. The largest absolute Gasteiger partial charge is 0.508 e. The van der Waals surface area contributed by atoms with Gasteiger partial charge in [-0.25, -0.2) is 0 Å². The van der Waals surface area contributed by atoms with Crippen molar-refractivity contribution in [3.63, 3.8) is 0 Å². The zero-order chi connectivity index (χ0) is 13.7. The number of phenolic OH excluding ortho intramolecular Hbond substituents is 1. The Balaban J connectivity index is 1.93. The van der Waals surface area contributed by atoms with Crippen molar-refractivity contribution in [1.29, 1.82) is 0 Å². The van der Waals surface area contributed by atoms with Gasteiger partial charge in [-0.3, -0.25) is 0 Å². The van der Waals surface area contributed by atoms with Crippen molar-refractivity contribution >= 4 is 0 Å². The first-order valence-electron chi connectivity index (χ1n) is 7.31. The lowest BCUT2D eigenvalue weighted by atomic mass is 9.89. The number of aromatic hydroxyl groups is 1. The fraction of sp³-hybridized carbons (Fsp3) is 0.625. The van der Waals surface area contributed by atoms with E-state index < -0.39 is 0 Å². The van der Waals surface area contributed by atoms with Crippen LogP contribution < -0.4 is 10.1 Å². The van der Waals surface area contributed by atoms with Gasteiger partial charge >= 0.3 is 0 Å². The lowest BCUT2D eigenvalue weighted by Gasteiger charge is -2.24. The third kappa shape index (κ3) is 3.87. The number of benzene rings is 1. The number of ether oxygens (including phenoxy) is 1. The molecular formula is C16H25NO2. The molecule has 0 spiro atoms. The summed E-state index contributed by atoms with van der Waals surface area (Å²) in [5, 5.41) is 13.5. The summed E-state index contributed by atoms with van der Waals surface area (Å²) < 4.78 is 5.22. The van der Waals surface area contributed by atoms with E-state index in [0.717, 1.165) is 23.8 Å². The Hall–Kier alpha value is -1.22. The molecule has 0 aromatic heterocycles. The second kappa shape index (κ2) is 6.80. The Bertz CT molecular complexity index is 400. The standard InChI is InChI=1S/C16H25NO2/c1-12(17-11-13-6-4-3-5-7-13)15-10-14(19-2)8-9-16(15)18/h8-10,12-13,17-18H,3-7,11H2,1-2H3. The van der Waals surface area contributed by atoms with E-state index in [1.54, 1.807) is 19.2 Å². The molecule has 1 aliphatic carbocycles. The summed E-state index contributed by atoms with van der Waals surface area (Å²) in [5.41, 5.74) is 0.912. The molecule has 0 heterocycles. The van der Waals surface area contributed by atoms with E-state index in [-0.39, 0.29) is 6.04 Å². The predicted octanol–water partition coefficient (Wildman–Crippen LogP) is 3.63. The van der Waals surface area contributed by atoms with Gasteiger partial charge in [0.15, 0.2) is 0 Å². The van der Waals surface area contributed by atoms with Crippen LogP contribution in [0.25, 0.3) is 0 Å². The minimum Gasteiger partial charge on any atom is -0.508 e. The van der Waals surface area contributed by atoms with E-state index >= 15 is 0 Å². The van der Waals surface area contributed by atoms with Crippen LogP contribution in [0.1, 0.15) is 50.6 Å². The Morgan fingerprint density at radius 1 is 1.32 bits per heavy atom. The molecule has 19 heavy (non-hydrogen) atoms. The number of rotatable bonds is 5. The van der Waals surface area contributed by atoms with Crippen LogP contribution in [0.5, 0.6) is 11.5 Å². The first kappa shape index (κ1) is 14.2. The molecule has 106 valence electrons. The SMILES string of the molecule is COc1ccc(O)c(C(C)NCC2CCCCC2)c1. The second-order valence-electron chi connectivity index (χ2n) is 5.56. The molecule has 0 radical (unpaired) electrons. The van der Waals surface area contributed by atoms with Crippen LogP contribution in [0, 0.1) is 5.92 Å². The lowest BCUT2D eigenvalue weighted by molar-refractivity contribution is 0.329. The Morgan fingerprint density at radius 3 is 2.74 bits per heavy atom. The summed E-state index contributed by atoms with van der Waals surface area (Å²) in [5.74, 6) is 1.92. The number of methoxy groups -OCH3 is 1. The fourth-order valence-corrected chi connectivity index (χ4v) is 2.85. The van der Waals surface area contributed by atoms with Crippen LogP contribution in [0.2, 0.25) is 0 Å². The Labute approximate surface area is 116 Å². The van der Waals surface area contributed by atoms with Gasteiger partial charge in [-0.15, -0.1) is 0 Å². The van der Waals surface area contributed by atoms with Crippen molar-refractivity contribution in [3.05, 3.63) is 23.8 Å². The van der Waals surface area contributed by atoms with Crippen LogP contribution >= 0.6 is 0 Å². The molecule has 1 aromatic rings. The molecule has 0 bridgehead atoms. The van der Waals surface area contributed by atoms with E-state index in [9.17, 15) is 5.11 Å². The van der Waals surface area contributed by atoms with E-state index in [4.69, 9.17) is 4.74 Å². The highest BCUT2D eigenvalue weighted by Crippen LogP contribution is 2.29. The summed E-state index contributed by atoms with van der Waals surface area (Å²) in [4.78, 5) is 0. The monoisotopic (exact) mass is 263 g/mol. The number of phenols is 1. The zero-order valence-electron chi connectivity index (χ0n) is 12.0. The zero-order valence-corrected chi connectivity index (χ0v) is 12.0. The molecular weight excluding hydrogens is 238 g/mol. The first-order valence-corrected chi connectivity index (χ1v) is 7.31. The van der Waals surface area contributed by atoms with E-state index in [1.807, 2.05) is 6.07 Å². The maximum absolute atomic E-state index is 9.94. The van der Waals surface area contributed by atoms with Crippen molar-refractivity contribution < 1.29 is 9.84 Å². The second-order valence-corrected chi connectivity index (χ2v) is 5.56. The molecule has 0 saturated heterocycles. The van der Waals surface area contributed by atoms with Crippen LogP contribution in [0.4, 0.5) is 0 Å². The highest BCUT2D eigenvalue weighted by Gasteiger charge is 2.16. The maximum atomic E-state index is 9.94. The molecule has 3 heteroatoms. The highest BCUT2D eigenvalue weighted by atomic mass is 16.5. The van der Waals surface area contributed by atoms with Crippen LogP contribution in [0.3, 0.4) is 0 Å². The molecule has 1 saturated carbocycles. The number of nitrogens with one attached hydrogen (secondary N) is 1. The third-order valence-electron chi connectivity index (χ3n) is 4.14. The van der Waals surface area contributed by atoms with E-state index in [0.29, 0.717) is 5.75 Å². The third-order valence-corrected chi connectivity index (χ3v) is 4.14. The van der Waals surface area contributed by atoms with Crippen LogP contribution in [0.15, 0.2) is 18.2 Å². The molecule has 2 rings (SSSR count). The van der Waals surface area contributed by atoms with Crippen molar-refractivity contribution in [2.45, 2.75) is 45.1 Å². The van der Waals surface area contributed by atoms with Gasteiger partial charge in [-0.2, -0.15) is 0 Å². The summed E-state index contributed by atoms with van der Waals surface area (Å²) in [7, 11) is 1.65. The molecule has 1 aliphatic rings. The average Bonchev–Trinajstić information content (AvgIpc) is 2.46.